The van der Waals surface area contributed by atoms with Gasteiger partial charge in [0.1, 0.15) is 0 Å². The standard InChI is InChI=1S/C15H23ClN2O2/c1-11-5-4-7-15(9-11,18(2)3)10-17-14(19)12-6-8-20-13(12)16/h6,8,11H,4-5,7,9-10H2,1-3H3,(H,17,19). The average molecular weight is 299 g/mol. The molecule has 0 spiro atoms. The van der Waals surface area contributed by atoms with E-state index < -0.39 is 0 Å². The Morgan fingerprint density at radius 2 is 2.35 bits per heavy atom. The third-order valence-electron chi connectivity index (χ3n) is 4.46. The lowest BCUT2D eigenvalue weighted by molar-refractivity contribution is 0.0675. The van der Waals surface area contributed by atoms with Crippen LogP contribution in [0.4, 0.5) is 0 Å². The second kappa shape index (κ2) is 6.19. The van der Waals surface area contributed by atoms with Crippen molar-refractivity contribution in [2.24, 2.45) is 5.92 Å². The Morgan fingerprint density at radius 1 is 1.60 bits per heavy atom. The van der Waals surface area contributed by atoms with E-state index in [9.17, 15) is 4.79 Å². The fraction of sp³-hybridized carbons (Fsp3) is 0.667. The molecule has 1 aliphatic carbocycles. The zero-order valence-corrected chi connectivity index (χ0v) is 13.2. The molecule has 2 rings (SSSR count). The molecule has 1 aromatic heterocycles. The van der Waals surface area contributed by atoms with E-state index in [4.69, 9.17) is 16.0 Å². The zero-order chi connectivity index (χ0) is 14.8. The van der Waals surface area contributed by atoms with Crippen molar-refractivity contribution in [2.75, 3.05) is 20.6 Å². The lowest BCUT2D eigenvalue weighted by Gasteiger charge is -2.45. The molecule has 1 fully saturated rings. The number of hydrogen-bond acceptors (Lipinski definition) is 3. The van der Waals surface area contributed by atoms with E-state index >= 15 is 0 Å². The van der Waals surface area contributed by atoms with E-state index in [1.54, 1.807) is 6.07 Å². The van der Waals surface area contributed by atoms with Crippen LogP contribution in [-0.4, -0.2) is 37.0 Å². The molecular formula is C15H23ClN2O2. The largest absolute Gasteiger partial charge is 0.452 e. The normalized spacial score (nSPS) is 26.8. The first-order chi connectivity index (χ1) is 9.44. The fourth-order valence-corrected chi connectivity index (χ4v) is 3.35. The summed E-state index contributed by atoms with van der Waals surface area (Å²) in [6.07, 6.45) is 6.14. The van der Waals surface area contributed by atoms with Crippen molar-refractivity contribution in [2.45, 2.75) is 38.1 Å². The summed E-state index contributed by atoms with van der Waals surface area (Å²) in [7, 11) is 4.18. The Balaban J connectivity index is 2.03. The van der Waals surface area contributed by atoms with Gasteiger partial charge < -0.3 is 14.6 Å². The first kappa shape index (κ1) is 15.4. The maximum Gasteiger partial charge on any atom is 0.256 e. The molecular weight excluding hydrogens is 276 g/mol. The molecule has 2 unspecified atom stereocenters. The predicted molar refractivity (Wildman–Crippen MR) is 80.1 cm³/mol. The molecule has 1 heterocycles. The Hall–Kier alpha value is -1.00. The van der Waals surface area contributed by atoms with Crippen molar-refractivity contribution in [1.29, 1.82) is 0 Å². The first-order valence-corrected chi connectivity index (χ1v) is 7.51. The molecule has 0 bridgehead atoms. The van der Waals surface area contributed by atoms with Crippen LogP contribution in [-0.2, 0) is 0 Å². The van der Waals surface area contributed by atoms with E-state index in [0.29, 0.717) is 18.0 Å². The average Bonchev–Trinajstić information content (AvgIpc) is 2.82. The maximum absolute atomic E-state index is 12.1. The highest BCUT2D eigenvalue weighted by atomic mass is 35.5. The Bertz CT molecular complexity index is 472. The summed E-state index contributed by atoms with van der Waals surface area (Å²) in [6, 6.07) is 1.60. The van der Waals surface area contributed by atoms with Crippen molar-refractivity contribution in [3.63, 3.8) is 0 Å². The van der Waals surface area contributed by atoms with Crippen molar-refractivity contribution in [3.8, 4) is 0 Å². The van der Waals surface area contributed by atoms with Gasteiger partial charge in [0.25, 0.3) is 5.91 Å². The third kappa shape index (κ3) is 3.18. The van der Waals surface area contributed by atoms with Gasteiger partial charge in [-0.1, -0.05) is 19.8 Å². The van der Waals surface area contributed by atoms with Crippen LogP contribution in [0.2, 0.25) is 5.22 Å². The zero-order valence-electron chi connectivity index (χ0n) is 12.4. The fourth-order valence-electron chi connectivity index (χ4n) is 3.15. The predicted octanol–water partition coefficient (Wildman–Crippen LogP) is 3.17. The van der Waals surface area contributed by atoms with Crippen LogP contribution >= 0.6 is 11.6 Å². The Kier molecular flexibility index (Phi) is 4.76. The summed E-state index contributed by atoms with van der Waals surface area (Å²) in [4.78, 5) is 14.4. The van der Waals surface area contributed by atoms with Crippen molar-refractivity contribution >= 4 is 17.5 Å². The Morgan fingerprint density at radius 3 is 2.90 bits per heavy atom. The van der Waals surface area contributed by atoms with Crippen LogP contribution in [0.3, 0.4) is 0 Å². The van der Waals surface area contributed by atoms with Crippen LogP contribution in [0.5, 0.6) is 0 Å². The van der Waals surface area contributed by atoms with Crippen LogP contribution < -0.4 is 5.32 Å². The summed E-state index contributed by atoms with van der Waals surface area (Å²) in [5.74, 6) is 0.531. The van der Waals surface area contributed by atoms with E-state index in [2.05, 4.69) is 31.2 Å². The molecule has 2 atom stereocenters. The van der Waals surface area contributed by atoms with Gasteiger partial charge in [-0.15, -0.1) is 0 Å². The molecule has 5 heteroatoms. The molecule has 4 nitrogen and oxygen atoms in total. The van der Waals surface area contributed by atoms with Gasteiger partial charge in [0.2, 0.25) is 5.22 Å². The minimum Gasteiger partial charge on any atom is -0.452 e. The molecule has 0 radical (unpaired) electrons. The lowest BCUT2D eigenvalue weighted by Crippen LogP contribution is -2.55. The highest BCUT2D eigenvalue weighted by Gasteiger charge is 2.37. The van der Waals surface area contributed by atoms with Gasteiger partial charge in [-0.25, -0.2) is 0 Å². The number of halogens is 1. The van der Waals surface area contributed by atoms with Gasteiger partial charge in [-0.3, -0.25) is 4.79 Å². The number of carbonyl (C=O) groups excluding carboxylic acids is 1. The number of carbonyl (C=O) groups is 1. The SMILES string of the molecule is CC1CCCC(CNC(=O)c2ccoc2Cl)(N(C)C)C1. The van der Waals surface area contributed by atoms with Crippen LogP contribution in [0.1, 0.15) is 43.0 Å². The minimum absolute atomic E-state index is 0.0452. The minimum atomic E-state index is -0.164. The number of furan rings is 1. The topological polar surface area (TPSA) is 45.5 Å². The number of likely N-dealkylation sites (N-methyl/N-ethyl adjacent to an activating group) is 1. The third-order valence-corrected chi connectivity index (χ3v) is 4.75. The molecule has 20 heavy (non-hydrogen) atoms. The summed E-state index contributed by atoms with van der Waals surface area (Å²) in [5.41, 5.74) is 0.452. The lowest BCUT2D eigenvalue weighted by atomic mass is 9.75. The second-order valence-corrected chi connectivity index (χ2v) is 6.45. The summed E-state index contributed by atoms with van der Waals surface area (Å²) in [5, 5.41) is 3.16. The summed E-state index contributed by atoms with van der Waals surface area (Å²) >= 11 is 5.84. The number of hydrogen-bond donors (Lipinski definition) is 1. The van der Waals surface area contributed by atoms with Gasteiger partial charge in [-0.2, -0.15) is 0 Å². The van der Waals surface area contributed by atoms with Gasteiger partial charge >= 0.3 is 0 Å². The van der Waals surface area contributed by atoms with Crippen molar-refractivity contribution < 1.29 is 9.21 Å². The van der Waals surface area contributed by atoms with Gasteiger partial charge in [0, 0.05) is 12.1 Å². The van der Waals surface area contributed by atoms with E-state index in [1.807, 2.05) is 0 Å². The molecule has 0 aromatic carbocycles. The van der Waals surface area contributed by atoms with E-state index in [1.165, 1.54) is 19.1 Å². The van der Waals surface area contributed by atoms with Gasteiger partial charge in [0.15, 0.2) is 0 Å². The molecule has 0 aliphatic heterocycles. The molecule has 1 aromatic rings. The quantitative estimate of drug-likeness (QED) is 0.928. The smallest absolute Gasteiger partial charge is 0.256 e. The maximum atomic E-state index is 12.1. The molecule has 112 valence electrons. The molecule has 1 aliphatic rings. The van der Waals surface area contributed by atoms with Crippen LogP contribution in [0.25, 0.3) is 0 Å². The molecule has 0 saturated heterocycles. The second-order valence-electron chi connectivity index (χ2n) is 6.11. The Labute approximate surface area is 125 Å². The van der Waals surface area contributed by atoms with Gasteiger partial charge in [0.05, 0.1) is 11.8 Å². The van der Waals surface area contributed by atoms with Gasteiger partial charge in [-0.05, 0) is 50.5 Å². The summed E-state index contributed by atoms with van der Waals surface area (Å²) < 4.78 is 4.96. The first-order valence-electron chi connectivity index (χ1n) is 7.13. The monoisotopic (exact) mass is 298 g/mol. The highest BCUT2D eigenvalue weighted by molar-refractivity contribution is 6.32. The van der Waals surface area contributed by atoms with E-state index in [-0.39, 0.29) is 16.7 Å². The van der Waals surface area contributed by atoms with Crippen molar-refractivity contribution in [1.82, 2.24) is 10.2 Å². The van der Waals surface area contributed by atoms with Crippen LogP contribution in [0, 0.1) is 5.92 Å². The molecule has 1 saturated carbocycles. The number of nitrogens with one attached hydrogen (secondary N) is 1. The van der Waals surface area contributed by atoms with E-state index in [0.717, 1.165) is 12.8 Å². The van der Waals surface area contributed by atoms with Crippen LogP contribution in [0.15, 0.2) is 16.7 Å². The number of amides is 1. The number of nitrogens with zero attached hydrogens (tertiary/aromatic N) is 1. The molecule has 1 amide bonds. The summed E-state index contributed by atoms with van der Waals surface area (Å²) in [6.45, 7) is 2.93. The molecule has 1 N–H and O–H groups in total. The van der Waals surface area contributed by atoms with Crippen molar-refractivity contribution in [3.05, 3.63) is 23.1 Å². The number of rotatable bonds is 4. The highest BCUT2D eigenvalue weighted by Crippen LogP contribution is 2.35.